The van der Waals surface area contributed by atoms with Crippen molar-refractivity contribution < 1.29 is 4.79 Å². The van der Waals surface area contributed by atoms with Crippen molar-refractivity contribution in [2.75, 3.05) is 0 Å². The smallest absolute Gasteiger partial charge is 0.277 e. The van der Waals surface area contributed by atoms with Gasteiger partial charge in [-0.15, -0.1) is 11.3 Å². The molecular weight excluding hydrogens is 244 g/mol. The molecule has 2 N–H and O–H groups in total. The van der Waals surface area contributed by atoms with Gasteiger partial charge in [-0.05, 0) is 12.8 Å². The molecule has 1 aromatic carbocycles. The second-order valence-electron chi connectivity index (χ2n) is 4.12. The summed E-state index contributed by atoms with van der Waals surface area (Å²) in [6.45, 7) is 2.15. The van der Waals surface area contributed by atoms with Gasteiger partial charge in [-0.25, -0.2) is 4.98 Å². The van der Waals surface area contributed by atoms with Gasteiger partial charge in [-0.2, -0.15) is 0 Å². The highest BCUT2D eigenvalue weighted by atomic mass is 32.1. The Bertz CT molecular complexity index is 534. The lowest BCUT2D eigenvalue weighted by Crippen LogP contribution is -2.10. The molecule has 0 aliphatic heterocycles. The number of unbranched alkanes of at least 4 members (excludes halogenated alkanes) is 1. The number of rotatable bonds is 5. The van der Waals surface area contributed by atoms with Crippen LogP contribution < -0.4 is 5.73 Å². The summed E-state index contributed by atoms with van der Waals surface area (Å²) in [5, 5.41) is 0.403. The second kappa shape index (κ2) is 5.78. The number of hydrogen-bond acceptors (Lipinski definition) is 3. The molecule has 2 rings (SSSR count). The van der Waals surface area contributed by atoms with E-state index in [1.54, 1.807) is 0 Å². The predicted molar refractivity (Wildman–Crippen MR) is 74.7 cm³/mol. The number of aryl methyl sites for hydroxylation is 1. The Morgan fingerprint density at radius 1 is 1.33 bits per heavy atom. The third kappa shape index (κ3) is 2.76. The van der Waals surface area contributed by atoms with Crippen LogP contribution >= 0.6 is 11.3 Å². The van der Waals surface area contributed by atoms with E-state index in [-0.39, 0.29) is 0 Å². The number of carbonyl (C=O) groups excluding carboxylic acids is 1. The lowest BCUT2D eigenvalue weighted by Gasteiger charge is -2.01. The van der Waals surface area contributed by atoms with Crippen LogP contribution in [0.4, 0.5) is 0 Å². The van der Waals surface area contributed by atoms with Gasteiger partial charge >= 0.3 is 0 Å². The average Bonchev–Trinajstić information content (AvgIpc) is 2.81. The molecule has 0 fully saturated rings. The van der Waals surface area contributed by atoms with Gasteiger partial charge in [-0.1, -0.05) is 43.7 Å². The van der Waals surface area contributed by atoms with E-state index in [2.05, 4.69) is 11.9 Å². The molecule has 0 radical (unpaired) electrons. The number of hydrogen-bond donors (Lipinski definition) is 1. The first kappa shape index (κ1) is 12.8. The fourth-order valence-electron chi connectivity index (χ4n) is 1.79. The summed E-state index contributed by atoms with van der Waals surface area (Å²) in [6.07, 6.45) is 3.17. The molecule has 0 saturated heterocycles. The predicted octanol–water partition coefficient (Wildman–Crippen LogP) is 3.25. The molecule has 0 aliphatic rings. The first-order chi connectivity index (χ1) is 8.72. The first-order valence-electron chi connectivity index (χ1n) is 6.07. The highest BCUT2D eigenvalue weighted by Crippen LogP contribution is 2.29. The van der Waals surface area contributed by atoms with Gasteiger partial charge in [0.25, 0.3) is 5.91 Å². The van der Waals surface area contributed by atoms with Gasteiger partial charge in [0.1, 0.15) is 0 Å². The molecular formula is C14H16N2OS. The number of nitrogens with two attached hydrogens (primary N) is 1. The zero-order valence-corrected chi connectivity index (χ0v) is 11.2. The van der Waals surface area contributed by atoms with Crippen molar-refractivity contribution in [1.29, 1.82) is 0 Å². The standard InChI is InChI=1S/C14H16N2OS/c1-2-3-9-11-12(10-7-5-4-6-8-10)16-14(18-11)13(15)17/h4-8H,2-3,9H2,1H3,(H2,15,17). The minimum Gasteiger partial charge on any atom is -0.364 e. The maximum atomic E-state index is 11.2. The minimum absolute atomic E-state index is 0.403. The Kier molecular flexibility index (Phi) is 4.10. The SMILES string of the molecule is CCCCc1sc(C(N)=O)nc1-c1ccccc1. The van der Waals surface area contributed by atoms with Crippen molar-refractivity contribution in [2.45, 2.75) is 26.2 Å². The van der Waals surface area contributed by atoms with E-state index in [4.69, 9.17) is 5.73 Å². The minimum atomic E-state index is -0.445. The number of carbonyl (C=O) groups is 1. The van der Waals surface area contributed by atoms with Gasteiger partial charge in [0.15, 0.2) is 5.01 Å². The van der Waals surface area contributed by atoms with E-state index in [0.717, 1.165) is 35.4 Å². The molecule has 3 nitrogen and oxygen atoms in total. The average molecular weight is 260 g/mol. The summed E-state index contributed by atoms with van der Waals surface area (Å²) >= 11 is 1.42. The molecule has 0 atom stereocenters. The Labute approximate surface area is 111 Å². The van der Waals surface area contributed by atoms with E-state index in [1.165, 1.54) is 11.3 Å². The second-order valence-corrected chi connectivity index (χ2v) is 5.21. The summed E-state index contributed by atoms with van der Waals surface area (Å²) in [4.78, 5) is 16.8. The molecule has 1 heterocycles. The number of thiazole rings is 1. The van der Waals surface area contributed by atoms with Gasteiger partial charge in [0.05, 0.1) is 5.69 Å². The van der Waals surface area contributed by atoms with Crippen LogP contribution in [-0.4, -0.2) is 10.9 Å². The molecule has 18 heavy (non-hydrogen) atoms. The van der Waals surface area contributed by atoms with Crippen molar-refractivity contribution in [3.63, 3.8) is 0 Å². The van der Waals surface area contributed by atoms with Gasteiger partial charge in [-0.3, -0.25) is 4.79 Å². The number of aromatic nitrogens is 1. The molecule has 0 unspecified atom stereocenters. The summed E-state index contributed by atoms with van der Waals surface area (Å²) in [5.41, 5.74) is 7.27. The fraction of sp³-hybridized carbons (Fsp3) is 0.286. The molecule has 4 heteroatoms. The number of nitrogens with zero attached hydrogens (tertiary/aromatic N) is 1. The van der Waals surface area contributed by atoms with Crippen LogP contribution in [0, 0.1) is 0 Å². The summed E-state index contributed by atoms with van der Waals surface area (Å²) in [6, 6.07) is 9.94. The highest BCUT2D eigenvalue weighted by Gasteiger charge is 2.15. The Hall–Kier alpha value is -1.68. The third-order valence-electron chi connectivity index (χ3n) is 2.71. The van der Waals surface area contributed by atoms with E-state index in [0.29, 0.717) is 5.01 Å². The lowest BCUT2D eigenvalue weighted by atomic mass is 10.1. The van der Waals surface area contributed by atoms with E-state index >= 15 is 0 Å². The van der Waals surface area contributed by atoms with Crippen molar-refractivity contribution in [3.8, 4) is 11.3 Å². The van der Waals surface area contributed by atoms with Crippen molar-refractivity contribution >= 4 is 17.2 Å². The molecule has 0 spiro atoms. The van der Waals surface area contributed by atoms with Crippen LogP contribution in [0.2, 0.25) is 0 Å². The summed E-state index contributed by atoms with van der Waals surface area (Å²) in [7, 11) is 0. The zero-order chi connectivity index (χ0) is 13.0. The molecule has 1 aromatic heterocycles. The lowest BCUT2D eigenvalue weighted by molar-refractivity contribution is 0.1000. The Morgan fingerprint density at radius 2 is 2.06 bits per heavy atom. The first-order valence-corrected chi connectivity index (χ1v) is 6.89. The van der Waals surface area contributed by atoms with Gasteiger partial charge in [0.2, 0.25) is 0 Å². The fourth-order valence-corrected chi connectivity index (χ4v) is 2.76. The quantitative estimate of drug-likeness (QED) is 0.897. The molecule has 0 aliphatic carbocycles. The number of amides is 1. The van der Waals surface area contributed by atoms with Crippen LogP contribution in [0.25, 0.3) is 11.3 Å². The Balaban J connectivity index is 2.40. The molecule has 0 bridgehead atoms. The maximum absolute atomic E-state index is 11.2. The van der Waals surface area contributed by atoms with Crippen molar-refractivity contribution in [2.24, 2.45) is 5.73 Å². The van der Waals surface area contributed by atoms with Crippen LogP contribution in [0.5, 0.6) is 0 Å². The van der Waals surface area contributed by atoms with Crippen LogP contribution in [0.3, 0.4) is 0 Å². The van der Waals surface area contributed by atoms with Crippen LogP contribution in [0.1, 0.15) is 34.4 Å². The largest absolute Gasteiger partial charge is 0.364 e. The third-order valence-corrected chi connectivity index (χ3v) is 3.84. The van der Waals surface area contributed by atoms with Crippen molar-refractivity contribution in [3.05, 3.63) is 40.2 Å². The Morgan fingerprint density at radius 3 is 2.67 bits per heavy atom. The van der Waals surface area contributed by atoms with Gasteiger partial charge in [0, 0.05) is 10.4 Å². The number of benzene rings is 1. The van der Waals surface area contributed by atoms with E-state index in [1.807, 2.05) is 30.3 Å². The van der Waals surface area contributed by atoms with E-state index in [9.17, 15) is 4.79 Å². The summed E-state index contributed by atoms with van der Waals surface area (Å²) < 4.78 is 0. The van der Waals surface area contributed by atoms with E-state index < -0.39 is 5.91 Å². The molecule has 0 saturated carbocycles. The highest BCUT2D eigenvalue weighted by molar-refractivity contribution is 7.14. The van der Waals surface area contributed by atoms with Gasteiger partial charge < -0.3 is 5.73 Å². The molecule has 2 aromatic rings. The van der Waals surface area contributed by atoms with Crippen LogP contribution in [0.15, 0.2) is 30.3 Å². The monoisotopic (exact) mass is 260 g/mol. The molecule has 1 amide bonds. The van der Waals surface area contributed by atoms with Crippen molar-refractivity contribution in [1.82, 2.24) is 4.98 Å². The summed E-state index contributed by atoms with van der Waals surface area (Å²) in [5.74, 6) is -0.445. The van der Waals surface area contributed by atoms with Crippen LogP contribution in [-0.2, 0) is 6.42 Å². The normalized spacial score (nSPS) is 10.5. The maximum Gasteiger partial charge on any atom is 0.277 e. The number of primary amides is 1. The molecule has 94 valence electrons. The topological polar surface area (TPSA) is 56.0 Å². The zero-order valence-electron chi connectivity index (χ0n) is 10.3.